The van der Waals surface area contributed by atoms with Gasteiger partial charge in [-0.3, -0.25) is 0 Å². The highest BCUT2D eigenvalue weighted by atomic mass is 32.1. The van der Waals surface area contributed by atoms with E-state index < -0.39 is 5.95 Å². The summed E-state index contributed by atoms with van der Waals surface area (Å²) in [6.45, 7) is 8.64. The number of benzene rings is 1. The van der Waals surface area contributed by atoms with Gasteiger partial charge in [0.15, 0.2) is 5.69 Å². The standard InChI is InChI=1S/C23H21FN3OS/c1-11(2)17-13(4)29-22-19(17)25-10-27(5)20(22)18-12(3)6-7-14-15-8-9-16(24)26-23(15)28-21(14)18/h6-11H,1-5H3/q+1. The lowest BCUT2D eigenvalue weighted by Crippen LogP contribution is -2.31. The van der Waals surface area contributed by atoms with Gasteiger partial charge in [0.25, 0.3) is 6.33 Å². The first-order valence-corrected chi connectivity index (χ1v) is 10.4. The van der Waals surface area contributed by atoms with Gasteiger partial charge in [0.2, 0.25) is 17.2 Å². The smallest absolute Gasteiger partial charge is 0.287 e. The number of hydrogen-bond acceptors (Lipinski definition) is 4. The largest absolute Gasteiger partial charge is 0.437 e. The van der Waals surface area contributed by atoms with Crippen LogP contribution in [-0.4, -0.2) is 9.97 Å². The summed E-state index contributed by atoms with van der Waals surface area (Å²) >= 11 is 1.77. The lowest BCUT2D eigenvalue weighted by Gasteiger charge is -2.08. The van der Waals surface area contributed by atoms with Crippen LogP contribution in [0.3, 0.4) is 0 Å². The van der Waals surface area contributed by atoms with Crippen LogP contribution in [0.2, 0.25) is 0 Å². The second kappa shape index (κ2) is 6.32. The summed E-state index contributed by atoms with van der Waals surface area (Å²) in [6.07, 6.45) is 1.87. The minimum absolute atomic E-state index is 0.324. The van der Waals surface area contributed by atoms with Crippen LogP contribution in [0.15, 0.2) is 35.0 Å². The molecule has 4 heterocycles. The molecule has 0 aliphatic rings. The molecular formula is C23H21FN3OS+. The van der Waals surface area contributed by atoms with Crippen molar-refractivity contribution in [1.82, 2.24) is 9.97 Å². The summed E-state index contributed by atoms with van der Waals surface area (Å²) in [7, 11) is 2.00. The van der Waals surface area contributed by atoms with E-state index >= 15 is 0 Å². The van der Waals surface area contributed by atoms with Gasteiger partial charge in [-0.25, -0.2) is 4.57 Å². The molecule has 4 aromatic heterocycles. The van der Waals surface area contributed by atoms with E-state index in [0.717, 1.165) is 43.4 Å². The Morgan fingerprint density at radius 1 is 1.10 bits per heavy atom. The van der Waals surface area contributed by atoms with E-state index in [9.17, 15) is 4.39 Å². The second-order valence-corrected chi connectivity index (χ2v) is 9.06. The summed E-state index contributed by atoms with van der Waals surface area (Å²) < 4.78 is 23.0. The van der Waals surface area contributed by atoms with Crippen molar-refractivity contribution in [2.24, 2.45) is 7.05 Å². The molecule has 0 radical (unpaired) electrons. The highest BCUT2D eigenvalue weighted by Gasteiger charge is 2.27. The van der Waals surface area contributed by atoms with Gasteiger partial charge in [-0.1, -0.05) is 26.0 Å². The zero-order valence-corrected chi connectivity index (χ0v) is 17.8. The molecule has 0 N–H and O–H groups in total. The third-order valence-electron chi connectivity index (χ3n) is 5.53. The average Bonchev–Trinajstić information content (AvgIpc) is 3.18. The van der Waals surface area contributed by atoms with Gasteiger partial charge >= 0.3 is 0 Å². The molecule has 0 fully saturated rings. The zero-order valence-electron chi connectivity index (χ0n) is 17.0. The first kappa shape index (κ1) is 18.2. The molecule has 0 aliphatic heterocycles. The first-order chi connectivity index (χ1) is 13.9. The maximum Gasteiger partial charge on any atom is 0.287 e. The van der Waals surface area contributed by atoms with Crippen molar-refractivity contribution >= 4 is 43.6 Å². The van der Waals surface area contributed by atoms with E-state index in [2.05, 4.69) is 38.7 Å². The van der Waals surface area contributed by atoms with Gasteiger partial charge in [0, 0.05) is 21.2 Å². The van der Waals surface area contributed by atoms with Gasteiger partial charge in [-0.05, 0) is 42.4 Å². The highest BCUT2D eigenvalue weighted by molar-refractivity contribution is 7.19. The molecule has 0 amide bonds. The van der Waals surface area contributed by atoms with Crippen molar-refractivity contribution in [1.29, 1.82) is 0 Å². The summed E-state index contributed by atoms with van der Waals surface area (Å²) in [5.74, 6) is -0.144. The van der Waals surface area contributed by atoms with Crippen molar-refractivity contribution in [2.45, 2.75) is 33.6 Å². The number of aromatic nitrogens is 3. The Balaban J connectivity index is 1.94. The molecular weight excluding hydrogens is 385 g/mol. The fourth-order valence-corrected chi connectivity index (χ4v) is 5.61. The van der Waals surface area contributed by atoms with Crippen LogP contribution < -0.4 is 4.57 Å². The van der Waals surface area contributed by atoms with Gasteiger partial charge in [0.1, 0.15) is 10.3 Å². The number of hydrogen-bond donors (Lipinski definition) is 0. The summed E-state index contributed by atoms with van der Waals surface area (Å²) in [4.78, 5) is 9.99. The molecule has 1 aromatic carbocycles. The van der Waals surface area contributed by atoms with Gasteiger partial charge in [-0.2, -0.15) is 9.37 Å². The third-order valence-corrected chi connectivity index (χ3v) is 6.64. The highest BCUT2D eigenvalue weighted by Crippen LogP contribution is 2.42. The minimum Gasteiger partial charge on any atom is -0.437 e. The fraction of sp³-hybridized carbons (Fsp3) is 0.261. The molecule has 0 unspecified atom stereocenters. The Hall–Kier alpha value is -2.86. The SMILES string of the molecule is Cc1ccc2c(oc3nc(F)ccc32)c1-c1c2sc(C)c(C(C)C)c2nc[n+]1C. The lowest BCUT2D eigenvalue weighted by atomic mass is 9.99. The Kier molecular flexibility index (Phi) is 3.96. The monoisotopic (exact) mass is 406 g/mol. The predicted octanol–water partition coefficient (Wildman–Crippen LogP) is 5.96. The van der Waals surface area contributed by atoms with E-state index in [1.54, 1.807) is 17.4 Å². The second-order valence-electron chi connectivity index (χ2n) is 7.83. The van der Waals surface area contributed by atoms with Crippen molar-refractivity contribution in [3.05, 3.63) is 52.5 Å². The van der Waals surface area contributed by atoms with Crippen LogP contribution >= 0.6 is 11.3 Å². The zero-order chi connectivity index (χ0) is 20.4. The maximum absolute atomic E-state index is 13.7. The summed E-state index contributed by atoms with van der Waals surface area (Å²) in [5.41, 5.74) is 6.57. The molecule has 0 saturated heterocycles. The molecule has 146 valence electrons. The number of halogens is 1. The Morgan fingerprint density at radius 2 is 1.86 bits per heavy atom. The molecule has 0 spiro atoms. The minimum atomic E-state index is -0.540. The van der Waals surface area contributed by atoms with E-state index in [0.29, 0.717) is 11.6 Å². The molecule has 0 aliphatic carbocycles. The predicted molar refractivity (Wildman–Crippen MR) is 115 cm³/mol. The first-order valence-electron chi connectivity index (χ1n) is 9.63. The fourth-order valence-electron chi connectivity index (χ4n) is 4.26. The van der Waals surface area contributed by atoms with Crippen LogP contribution in [-0.2, 0) is 7.05 Å². The van der Waals surface area contributed by atoms with Gasteiger partial charge in [-0.15, -0.1) is 11.3 Å². The summed E-state index contributed by atoms with van der Waals surface area (Å²) in [6, 6.07) is 7.22. The molecule has 0 saturated carbocycles. The van der Waals surface area contributed by atoms with Crippen LogP contribution in [0, 0.1) is 19.8 Å². The van der Waals surface area contributed by atoms with Crippen LogP contribution in [0.5, 0.6) is 0 Å². The van der Waals surface area contributed by atoms with Crippen LogP contribution in [0.25, 0.3) is 43.5 Å². The molecule has 6 heteroatoms. The van der Waals surface area contributed by atoms with E-state index in [4.69, 9.17) is 9.40 Å². The van der Waals surface area contributed by atoms with E-state index in [1.807, 2.05) is 24.0 Å². The number of nitrogens with zero attached hydrogens (tertiary/aromatic N) is 3. The summed E-state index contributed by atoms with van der Waals surface area (Å²) in [5, 5.41) is 1.76. The number of pyridine rings is 1. The Labute approximate surface area is 171 Å². The molecule has 5 rings (SSSR count). The molecule has 5 aromatic rings. The Bertz CT molecular complexity index is 1430. The number of rotatable bonds is 2. The average molecular weight is 407 g/mol. The maximum atomic E-state index is 13.7. The topological polar surface area (TPSA) is 42.8 Å². The van der Waals surface area contributed by atoms with Gasteiger partial charge in [0.05, 0.1) is 12.6 Å². The molecule has 4 nitrogen and oxygen atoms in total. The van der Waals surface area contributed by atoms with Crippen molar-refractivity contribution in [3.8, 4) is 11.3 Å². The normalized spacial score (nSPS) is 12.1. The Morgan fingerprint density at radius 3 is 2.62 bits per heavy atom. The van der Waals surface area contributed by atoms with Gasteiger partial charge < -0.3 is 4.42 Å². The number of furan rings is 1. The third kappa shape index (κ3) is 2.59. The molecule has 29 heavy (non-hydrogen) atoms. The molecule has 0 atom stereocenters. The number of thiophene rings is 1. The van der Waals surface area contributed by atoms with Crippen molar-refractivity contribution in [3.63, 3.8) is 0 Å². The van der Waals surface area contributed by atoms with Crippen LogP contribution in [0.4, 0.5) is 4.39 Å². The number of fused-ring (bicyclic) bond motifs is 4. The van der Waals surface area contributed by atoms with E-state index in [-0.39, 0.29) is 0 Å². The van der Waals surface area contributed by atoms with Crippen molar-refractivity contribution < 1.29 is 13.4 Å². The number of aryl methyl sites for hydroxylation is 3. The molecule has 0 bridgehead atoms. The quantitative estimate of drug-likeness (QED) is 0.268. The van der Waals surface area contributed by atoms with Crippen LogP contribution in [0.1, 0.15) is 35.8 Å². The lowest BCUT2D eigenvalue weighted by molar-refractivity contribution is -0.662. The van der Waals surface area contributed by atoms with Crippen molar-refractivity contribution in [2.75, 3.05) is 0 Å². The van der Waals surface area contributed by atoms with E-state index in [1.165, 1.54) is 16.5 Å².